The average molecular weight is 243 g/mol. The van der Waals surface area contributed by atoms with Crippen LogP contribution in [-0.2, 0) is 0 Å². The fourth-order valence-electron chi connectivity index (χ4n) is 1.99. The molecule has 0 fully saturated rings. The lowest BCUT2D eigenvalue weighted by Crippen LogP contribution is -2.08. The molecule has 18 heavy (non-hydrogen) atoms. The largest absolute Gasteiger partial charge is 0.378 e. The van der Waals surface area contributed by atoms with E-state index in [0.717, 1.165) is 5.69 Å². The van der Waals surface area contributed by atoms with Crippen LogP contribution in [0.4, 0.5) is 10.1 Å². The zero-order valence-electron chi connectivity index (χ0n) is 11.0. The van der Waals surface area contributed by atoms with Gasteiger partial charge in [0.05, 0.1) is 6.04 Å². The molecule has 0 bridgehead atoms. The first-order chi connectivity index (χ1) is 8.58. The van der Waals surface area contributed by atoms with Crippen LogP contribution in [0.2, 0.25) is 0 Å². The van der Waals surface area contributed by atoms with Crippen molar-refractivity contribution in [3.8, 4) is 0 Å². The van der Waals surface area contributed by atoms with Crippen LogP contribution in [0.25, 0.3) is 0 Å². The maximum absolute atomic E-state index is 13.6. The predicted molar refractivity (Wildman–Crippen MR) is 74.4 cm³/mol. The summed E-state index contributed by atoms with van der Waals surface area (Å²) in [5, 5.41) is 3.33. The van der Waals surface area contributed by atoms with Crippen molar-refractivity contribution in [3.05, 3.63) is 65.0 Å². The number of aryl methyl sites for hydroxylation is 2. The van der Waals surface area contributed by atoms with Crippen LogP contribution >= 0.6 is 0 Å². The van der Waals surface area contributed by atoms with Crippen LogP contribution in [0, 0.1) is 19.7 Å². The fourth-order valence-corrected chi connectivity index (χ4v) is 1.99. The Balaban J connectivity index is 2.19. The van der Waals surface area contributed by atoms with Crippen molar-refractivity contribution in [2.75, 3.05) is 5.32 Å². The Morgan fingerprint density at radius 3 is 2.39 bits per heavy atom. The molecule has 0 heterocycles. The molecule has 0 amide bonds. The summed E-state index contributed by atoms with van der Waals surface area (Å²) in [6, 6.07) is 13.0. The van der Waals surface area contributed by atoms with Gasteiger partial charge in [-0.1, -0.05) is 24.3 Å². The number of anilines is 1. The third kappa shape index (κ3) is 2.70. The summed E-state index contributed by atoms with van der Waals surface area (Å²) in [5.74, 6) is -0.165. The van der Waals surface area contributed by atoms with E-state index in [1.807, 2.05) is 25.1 Å². The number of halogens is 1. The first kappa shape index (κ1) is 12.6. The Hall–Kier alpha value is -1.83. The molecule has 1 atom stereocenters. The van der Waals surface area contributed by atoms with Gasteiger partial charge in [0.2, 0.25) is 0 Å². The molecule has 1 unspecified atom stereocenters. The first-order valence-corrected chi connectivity index (χ1v) is 6.16. The van der Waals surface area contributed by atoms with Crippen LogP contribution in [0.15, 0.2) is 42.5 Å². The molecular formula is C16H18FN. The van der Waals surface area contributed by atoms with Gasteiger partial charge in [0.25, 0.3) is 0 Å². The van der Waals surface area contributed by atoms with E-state index in [1.165, 1.54) is 17.2 Å². The Bertz CT molecular complexity index is 549. The Morgan fingerprint density at radius 2 is 1.72 bits per heavy atom. The van der Waals surface area contributed by atoms with E-state index >= 15 is 0 Å². The molecule has 0 aliphatic rings. The van der Waals surface area contributed by atoms with Crippen LogP contribution in [-0.4, -0.2) is 0 Å². The molecule has 0 radical (unpaired) electrons. The molecule has 2 rings (SSSR count). The maximum Gasteiger partial charge on any atom is 0.128 e. The van der Waals surface area contributed by atoms with Crippen LogP contribution in [0.5, 0.6) is 0 Å². The zero-order valence-corrected chi connectivity index (χ0v) is 11.0. The third-order valence-corrected chi connectivity index (χ3v) is 3.26. The molecule has 2 aromatic carbocycles. The van der Waals surface area contributed by atoms with Gasteiger partial charge >= 0.3 is 0 Å². The molecule has 1 nitrogen and oxygen atoms in total. The first-order valence-electron chi connectivity index (χ1n) is 6.16. The molecule has 0 saturated heterocycles. The highest BCUT2D eigenvalue weighted by Gasteiger charge is 2.09. The second kappa shape index (κ2) is 5.21. The minimum Gasteiger partial charge on any atom is -0.378 e. The van der Waals surface area contributed by atoms with Gasteiger partial charge < -0.3 is 5.32 Å². The predicted octanol–water partition coefficient (Wildman–Crippen LogP) is 4.62. The molecular weight excluding hydrogens is 225 g/mol. The van der Waals surface area contributed by atoms with E-state index in [4.69, 9.17) is 0 Å². The molecule has 2 aromatic rings. The normalized spacial score (nSPS) is 12.2. The number of benzene rings is 2. The summed E-state index contributed by atoms with van der Waals surface area (Å²) in [5.41, 5.74) is 4.21. The summed E-state index contributed by atoms with van der Waals surface area (Å²) < 4.78 is 13.6. The standard InChI is InChI=1S/C16H18FN/c1-11-8-9-14(10-12(11)2)18-13(3)15-6-4-5-7-16(15)17/h4-10,13,18H,1-3H3. The number of hydrogen-bond donors (Lipinski definition) is 1. The third-order valence-electron chi connectivity index (χ3n) is 3.26. The average Bonchev–Trinajstić information content (AvgIpc) is 2.34. The Labute approximate surface area is 108 Å². The lowest BCUT2D eigenvalue weighted by molar-refractivity contribution is 0.600. The van der Waals surface area contributed by atoms with E-state index in [1.54, 1.807) is 6.07 Å². The van der Waals surface area contributed by atoms with E-state index in [0.29, 0.717) is 5.56 Å². The van der Waals surface area contributed by atoms with Gasteiger partial charge in [-0.2, -0.15) is 0 Å². The van der Waals surface area contributed by atoms with Gasteiger partial charge in [-0.3, -0.25) is 0 Å². The van der Waals surface area contributed by atoms with Crippen LogP contribution in [0.3, 0.4) is 0 Å². The molecule has 0 aliphatic heterocycles. The van der Waals surface area contributed by atoms with E-state index in [-0.39, 0.29) is 11.9 Å². The van der Waals surface area contributed by atoms with E-state index in [2.05, 4.69) is 31.3 Å². The lowest BCUT2D eigenvalue weighted by Gasteiger charge is -2.17. The molecule has 0 aromatic heterocycles. The molecule has 94 valence electrons. The van der Waals surface area contributed by atoms with Crippen molar-refractivity contribution in [2.45, 2.75) is 26.8 Å². The summed E-state index contributed by atoms with van der Waals surface area (Å²) in [4.78, 5) is 0. The van der Waals surface area contributed by atoms with Crippen molar-refractivity contribution in [2.24, 2.45) is 0 Å². The number of hydrogen-bond acceptors (Lipinski definition) is 1. The zero-order chi connectivity index (χ0) is 13.1. The fraction of sp³-hybridized carbons (Fsp3) is 0.250. The lowest BCUT2D eigenvalue weighted by atomic mass is 10.1. The summed E-state index contributed by atoms with van der Waals surface area (Å²) >= 11 is 0. The van der Waals surface area contributed by atoms with Crippen molar-refractivity contribution in [3.63, 3.8) is 0 Å². The molecule has 2 heteroatoms. The van der Waals surface area contributed by atoms with Crippen molar-refractivity contribution in [1.29, 1.82) is 0 Å². The van der Waals surface area contributed by atoms with Crippen molar-refractivity contribution < 1.29 is 4.39 Å². The molecule has 1 N–H and O–H groups in total. The van der Waals surface area contributed by atoms with Gasteiger partial charge in [-0.25, -0.2) is 4.39 Å². The smallest absolute Gasteiger partial charge is 0.128 e. The molecule has 0 aliphatic carbocycles. The highest BCUT2D eigenvalue weighted by atomic mass is 19.1. The van der Waals surface area contributed by atoms with Crippen molar-refractivity contribution >= 4 is 5.69 Å². The Kier molecular flexibility index (Phi) is 3.66. The second-order valence-corrected chi connectivity index (χ2v) is 4.69. The summed E-state index contributed by atoms with van der Waals surface area (Å²) in [7, 11) is 0. The highest BCUT2D eigenvalue weighted by molar-refractivity contribution is 5.49. The van der Waals surface area contributed by atoms with Crippen LogP contribution < -0.4 is 5.32 Å². The Morgan fingerprint density at radius 1 is 1.00 bits per heavy atom. The summed E-state index contributed by atoms with van der Waals surface area (Å²) in [6.07, 6.45) is 0. The maximum atomic E-state index is 13.6. The number of rotatable bonds is 3. The second-order valence-electron chi connectivity index (χ2n) is 4.69. The van der Waals surface area contributed by atoms with E-state index < -0.39 is 0 Å². The topological polar surface area (TPSA) is 12.0 Å². The minimum absolute atomic E-state index is 0.0479. The SMILES string of the molecule is Cc1ccc(NC(C)c2ccccc2F)cc1C. The molecule has 0 spiro atoms. The van der Waals surface area contributed by atoms with Gasteiger partial charge in [0.1, 0.15) is 5.82 Å². The van der Waals surface area contributed by atoms with Gasteiger partial charge in [-0.15, -0.1) is 0 Å². The van der Waals surface area contributed by atoms with E-state index in [9.17, 15) is 4.39 Å². The highest BCUT2D eigenvalue weighted by Crippen LogP contribution is 2.22. The monoisotopic (exact) mass is 243 g/mol. The van der Waals surface area contributed by atoms with Gasteiger partial charge in [0.15, 0.2) is 0 Å². The minimum atomic E-state index is -0.165. The van der Waals surface area contributed by atoms with Crippen molar-refractivity contribution in [1.82, 2.24) is 0 Å². The number of nitrogens with one attached hydrogen (secondary N) is 1. The van der Waals surface area contributed by atoms with Gasteiger partial charge in [0, 0.05) is 11.3 Å². The van der Waals surface area contributed by atoms with Crippen LogP contribution in [0.1, 0.15) is 29.7 Å². The molecule has 0 saturated carbocycles. The van der Waals surface area contributed by atoms with Gasteiger partial charge in [-0.05, 0) is 50.1 Å². The quantitative estimate of drug-likeness (QED) is 0.829. The summed E-state index contributed by atoms with van der Waals surface area (Å²) in [6.45, 7) is 6.13.